The Kier molecular flexibility index (Phi) is 2.73. The van der Waals surface area contributed by atoms with Crippen LogP contribution in [0, 0.1) is 11.7 Å². The van der Waals surface area contributed by atoms with Crippen LogP contribution in [-0.4, -0.2) is 20.2 Å². The number of hydrogen-bond acceptors (Lipinski definition) is 2. The van der Waals surface area contributed by atoms with Crippen LogP contribution in [0.3, 0.4) is 0 Å². The van der Waals surface area contributed by atoms with Crippen molar-refractivity contribution in [2.24, 2.45) is 13.0 Å². The van der Waals surface area contributed by atoms with Crippen molar-refractivity contribution >= 4 is 32.7 Å². The van der Waals surface area contributed by atoms with Gasteiger partial charge in [0.2, 0.25) is 0 Å². The second kappa shape index (κ2) is 4.16. The number of pyridine rings is 1. The summed E-state index contributed by atoms with van der Waals surface area (Å²) in [6.07, 6.45) is 5.21. The Labute approximate surface area is 112 Å². The van der Waals surface area contributed by atoms with Gasteiger partial charge in [0.1, 0.15) is 11.5 Å². The molecule has 0 bridgehead atoms. The van der Waals surface area contributed by atoms with E-state index in [1.54, 1.807) is 17.8 Å². The van der Waals surface area contributed by atoms with E-state index in [0.29, 0.717) is 22.5 Å². The molecule has 0 radical (unpaired) electrons. The number of carbonyl (C=O) groups is 1. The smallest absolute Gasteiger partial charge is 0.179 e. The van der Waals surface area contributed by atoms with Gasteiger partial charge in [0, 0.05) is 25.0 Å². The molecule has 1 aliphatic carbocycles. The van der Waals surface area contributed by atoms with Crippen LogP contribution in [0.15, 0.2) is 18.5 Å². The van der Waals surface area contributed by atoms with Crippen molar-refractivity contribution in [3.05, 3.63) is 29.8 Å². The topological polar surface area (TPSA) is 34.9 Å². The molecule has 0 N–H and O–H groups in total. The van der Waals surface area contributed by atoms with E-state index < -0.39 is 0 Å². The average molecular weight is 311 g/mol. The lowest BCUT2D eigenvalue weighted by Gasteiger charge is -2.05. The van der Waals surface area contributed by atoms with Gasteiger partial charge in [0.15, 0.2) is 5.78 Å². The first-order valence-electron chi connectivity index (χ1n) is 5.87. The number of Topliss-reactive ketones (excluding diaryl/α,β-unsaturated/α-hetero) is 1. The second-order valence-corrected chi connectivity index (χ2v) is 5.74. The number of aryl methyl sites for hydroxylation is 1. The van der Waals surface area contributed by atoms with E-state index in [-0.39, 0.29) is 16.4 Å². The molecule has 3 rings (SSSR count). The number of aromatic nitrogens is 2. The number of rotatable bonds is 3. The van der Waals surface area contributed by atoms with Crippen LogP contribution in [0.4, 0.5) is 4.39 Å². The molecule has 2 heterocycles. The third-order valence-corrected chi connectivity index (χ3v) is 4.52. The third kappa shape index (κ3) is 1.77. The first kappa shape index (κ1) is 11.8. The molecular weight excluding hydrogens is 299 g/mol. The van der Waals surface area contributed by atoms with E-state index >= 15 is 0 Å². The molecule has 1 saturated carbocycles. The lowest BCUT2D eigenvalue weighted by Crippen LogP contribution is -2.16. The van der Waals surface area contributed by atoms with E-state index in [1.807, 2.05) is 0 Å². The van der Waals surface area contributed by atoms with Crippen LogP contribution in [0.1, 0.15) is 23.2 Å². The van der Waals surface area contributed by atoms with Gasteiger partial charge in [-0.2, -0.15) is 0 Å². The van der Waals surface area contributed by atoms with Crippen molar-refractivity contribution < 1.29 is 9.18 Å². The summed E-state index contributed by atoms with van der Waals surface area (Å²) in [6.45, 7) is 0. The first-order valence-corrected chi connectivity index (χ1v) is 6.79. The maximum atomic E-state index is 13.9. The van der Waals surface area contributed by atoms with Crippen molar-refractivity contribution in [1.29, 1.82) is 0 Å². The van der Waals surface area contributed by atoms with Gasteiger partial charge in [-0.3, -0.25) is 4.79 Å². The highest BCUT2D eigenvalue weighted by atomic mass is 79.9. The van der Waals surface area contributed by atoms with Crippen LogP contribution >= 0.6 is 15.9 Å². The van der Waals surface area contributed by atoms with Crippen LogP contribution in [0.5, 0.6) is 0 Å². The van der Waals surface area contributed by atoms with Crippen LogP contribution in [0.2, 0.25) is 0 Å². The van der Waals surface area contributed by atoms with Crippen LogP contribution < -0.4 is 0 Å². The molecule has 3 nitrogen and oxygen atoms in total. The number of alkyl halides is 1. The summed E-state index contributed by atoms with van der Waals surface area (Å²) in [7, 11) is 1.77. The van der Waals surface area contributed by atoms with Crippen molar-refractivity contribution in [2.75, 3.05) is 0 Å². The lowest BCUT2D eigenvalue weighted by molar-refractivity contribution is 0.0986. The molecule has 94 valence electrons. The predicted molar refractivity (Wildman–Crippen MR) is 70.4 cm³/mol. The fraction of sp³-hybridized carbons (Fsp3) is 0.385. The van der Waals surface area contributed by atoms with Gasteiger partial charge < -0.3 is 4.57 Å². The van der Waals surface area contributed by atoms with E-state index in [4.69, 9.17) is 0 Å². The lowest BCUT2D eigenvalue weighted by atomic mass is 10.1. The molecule has 5 heteroatoms. The fourth-order valence-corrected chi connectivity index (χ4v) is 2.98. The number of halogens is 2. The van der Waals surface area contributed by atoms with E-state index in [9.17, 15) is 9.18 Å². The van der Waals surface area contributed by atoms with Crippen LogP contribution in [0.25, 0.3) is 11.0 Å². The van der Waals surface area contributed by atoms with Gasteiger partial charge in [-0.25, -0.2) is 9.37 Å². The van der Waals surface area contributed by atoms with Gasteiger partial charge in [-0.05, 0) is 24.8 Å². The van der Waals surface area contributed by atoms with Crippen molar-refractivity contribution in [3.63, 3.8) is 0 Å². The summed E-state index contributed by atoms with van der Waals surface area (Å²) < 4.78 is 15.6. The fourth-order valence-electron chi connectivity index (χ4n) is 2.20. The highest BCUT2D eigenvalue weighted by Gasteiger charge is 2.36. The molecule has 0 aromatic carbocycles. The number of fused-ring (bicyclic) bond motifs is 1. The molecule has 0 saturated heterocycles. The van der Waals surface area contributed by atoms with E-state index in [1.165, 1.54) is 12.3 Å². The molecule has 1 aliphatic rings. The van der Waals surface area contributed by atoms with Gasteiger partial charge in [-0.15, -0.1) is 0 Å². The van der Waals surface area contributed by atoms with Gasteiger partial charge in [0.25, 0.3) is 0 Å². The zero-order valence-electron chi connectivity index (χ0n) is 9.86. The number of carbonyl (C=O) groups excluding carboxylic acids is 1. The summed E-state index contributed by atoms with van der Waals surface area (Å²) in [5, 5.41) is 0.329. The van der Waals surface area contributed by atoms with E-state index in [0.717, 1.165) is 12.8 Å². The number of hydrogen-bond donors (Lipinski definition) is 0. The van der Waals surface area contributed by atoms with Gasteiger partial charge in [0.05, 0.1) is 10.2 Å². The molecule has 2 aromatic rings. The molecule has 0 aliphatic heterocycles. The van der Waals surface area contributed by atoms with Gasteiger partial charge in [-0.1, -0.05) is 15.9 Å². The summed E-state index contributed by atoms with van der Waals surface area (Å²) in [5.41, 5.74) is 0.931. The Balaban J connectivity index is 2.14. The maximum Gasteiger partial charge on any atom is 0.179 e. The molecule has 0 spiro atoms. The Morgan fingerprint density at radius 3 is 3.00 bits per heavy atom. The monoisotopic (exact) mass is 310 g/mol. The summed E-state index contributed by atoms with van der Waals surface area (Å²) in [5.74, 6) is -0.0399. The highest BCUT2D eigenvalue weighted by molar-refractivity contribution is 9.10. The summed E-state index contributed by atoms with van der Waals surface area (Å²) in [4.78, 5) is 16.3. The predicted octanol–water partition coefficient (Wildman–Crippen LogP) is 3.07. The van der Waals surface area contributed by atoms with Crippen molar-refractivity contribution in [1.82, 2.24) is 9.55 Å². The minimum absolute atomic E-state index is 0.0463. The summed E-state index contributed by atoms with van der Waals surface area (Å²) in [6, 6.07) is 1.29. The zero-order chi connectivity index (χ0) is 12.9. The normalized spacial score (nSPS) is 17.1. The second-order valence-electron chi connectivity index (χ2n) is 4.75. The Morgan fingerprint density at radius 2 is 2.33 bits per heavy atom. The molecule has 18 heavy (non-hydrogen) atoms. The third-order valence-electron chi connectivity index (χ3n) is 3.36. The molecule has 0 amide bonds. The SMILES string of the molecule is Cn1cc(C(=O)C(Br)C2CC2)c2c(F)ccnc21. The zero-order valence-corrected chi connectivity index (χ0v) is 11.4. The standard InChI is InChI=1S/C13H12BrFN2O/c1-17-6-8(12(18)11(14)7-2-3-7)10-9(15)4-5-16-13(10)17/h4-7,11H,2-3H2,1H3. The molecule has 2 aromatic heterocycles. The maximum absolute atomic E-state index is 13.9. The number of ketones is 1. The Bertz CT molecular complexity index is 633. The molecule has 1 unspecified atom stereocenters. The summed E-state index contributed by atoms with van der Waals surface area (Å²) >= 11 is 3.42. The first-order chi connectivity index (χ1) is 8.59. The largest absolute Gasteiger partial charge is 0.335 e. The average Bonchev–Trinajstić information content (AvgIpc) is 3.14. The number of nitrogens with zero attached hydrogens (tertiary/aromatic N) is 2. The van der Waals surface area contributed by atoms with Gasteiger partial charge >= 0.3 is 0 Å². The minimum atomic E-state index is -0.389. The Hall–Kier alpha value is -1.23. The molecule has 1 atom stereocenters. The Morgan fingerprint density at radius 1 is 1.61 bits per heavy atom. The molecular formula is C13H12BrFN2O. The van der Waals surface area contributed by atoms with Crippen LogP contribution in [-0.2, 0) is 7.05 Å². The quantitative estimate of drug-likeness (QED) is 0.645. The minimum Gasteiger partial charge on any atom is -0.335 e. The highest BCUT2D eigenvalue weighted by Crippen LogP contribution is 2.39. The van der Waals surface area contributed by atoms with E-state index in [2.05, 4.69) is 20.9 Å². The van der Waals surface area contributed by atoms with Crippen molar-refractivity contribution in [3.8, 4) is 0 Å². The molecule has 1 fully saturated rings. The van der Waals surface area contributed by atoms with Crippen molar-refractivity contribution in [2.45, 2.75) is 17.7 Å².